The Morgan fingerprint density at radius 1 is 1.09 bits per heavy atom. The molecule has 3 fully saturated rings. The lowest BCUT2D eigenvalue weighted by Gasteiger charge is -2.48. The largest absolute Gasteiger partial charge is 0.467 e. The molecule has 1 aromatic carbocycles. The second-order valence-electron chi connectivity index (χ2n) is 10.2. The molecule has 1 aliphatic carbocycles. The minimum atomic E-state index is -4.24. The predicted octanol–water partition coefficient (Wildman–Crippen LogP) is 5.48. The fourth-order valence-corrected chi connectivity index (χ4v) is 5.93. The van der Waals surface area contributed by atoms with Crippen LogP contribution in [0.2, 0.25) is 0 Å². The number of piperidine rings is 1. The van der Waals surface area contributed by atoms with E-state index in [-0.39, 0.29) is 30.9 Å². The summed E-state index contributed by atoms with van der Waals surface area (Å²) >= 11 is 0. The first-order chi connectivity index (χ1) is 16.0. The van der Waals surface area contributed by atoms with Gasteiger partial charge in [-0.1, -0.05) is 6.42 Å². The number of ether oxygens (including phenoxy) is 1. The first kappa shape index (κ1) is 24.8. The second kappa shape index (κ2) is 9.04. The van der Waals surface area contributed by atoms with Gasteiger partial charge in [-0.2, -0.15) is 13.2 Å². The Kier molecular flexibility index (Phi) is 6.59. The van der Waals surface area contributed by atoms with Crippen LogP contribution in [0.4, 0.5) is 23.2 Å². The molecule has 2 heterocycles. The first-order valence-electron chi connectivity index (χ1n) is 12.1. The number of rotatable bonds is 5. The van der Waals surface area contributed by atoms with E-state index in [1.807, 2.05) is 4.90 Å². The van der Waals surface area contributed by atoms with Crippen LogP contribution in [0.3, 0.4) is 0 Å². The highest BCUT2D eigenvalue weighted by Gasteiger charge is 2.59. The number of carbonyl (C=O) groups is 2. The average Bonchev–Trinajstić information content (AvgIpc) is 3.17. The van der Waals surface area contributed by atoms with Crippen molar-refractivity contribution in [2.75, 3.05) is 25.1 Å². The monoisotopic (exact) mass is 484 g/mol. The van der Waals surface area contributed by atoms with Gasteiger partial charge in [0.1, 0.15) is 11.4 Å². The fraction of sp³-hybridized carbons (Fsp3) is 0.680. The molecule has 1 amide bonds. The number of halogens is 4. The highest BCUT2D eigenvalue weighted by molar-refractivity contribution is 5.99. The van der Waals surface area contributed by atoms with Gasteiger partial charge in [-0.15, -0.1) is 0 Å². The number of amides is 1. The molecule has 5 nitrogen and oxygen atoms in total. The second-order valence-corrected chi connectivity index (χ2v) is 10.2. The maximum absolute atomic E-state index is 15.2. The molecule has 34 heavy (non-hydrogen) atoms. The van der Waals surface area contributed by atoms with Gasteiger partial charge in [0.2, 0.25) is 0 Å². The van der Waals surface area contributed by atoms with Crippen LogP contribution in [0.5, 0.6) is 0 Å². The Labute approximate surface area is 197 Å². The lowest BCUT2D eigenvalue weighted by Crippen LogP contribution is -2.51. The van der Waals surface area contributed by atoms with Crippen LogP contribution in [0.1, 0.15) is 75.1 Å². The van der Waals surface area contributed by atoms with Gasteiger partial charge in [0.15, 0.2) is 0 Å². The molecule has 9 heteroatoms. The highest BCUT2D eigenvalue weighted by atomic mass is 19.4. The van der Waals surface area contributed by atoms with Gasteiger partial charge in [0.05, 0.1) is 18.1 Å². The molecule has 2 saturated heterocycles. The third-order valence-corrected chi connectivity index (χ3v) is 8.19. The molecular weight excluding hydrogens is 452 g/mol. The fourth-order valence-electron chi connectivity index (χ4n) is 5.93. The summed E-state index contributed by atoms with van der Waals surface area (Å²) in [5.41, 5.74) is -2.45. The number of nitrogens with zero attached hydrogens (tertiary/aromatic N) is 2. The summed E-state index contributed by atoms with van der Waals surface area (Å²) in [6.07, 6.45) is -0.00576. The topological polar surface area (TPSA) is 49.9 Å². The Hall–Kier alpha value is -2.32. The number of alkyl halides is 3. The number of anilines is 1. The number of benzene rings is 1. The summed E-state index contributed by atoms with van der Waals surface area (Å²) in [6.45, 7) is 2.49. The summed E-state index contributed by atoms with van der Waals surface area (Å²) < 4.78 is 61.4. The zero-order chi connectivity index (χ0) is 24.7. The van der Waals surface area contributed by atoms with Crippen LogP contribution in [-0.2, 0) is 9.53 Å². The van der Waals surface area contributed by atoms with Crippen LogP contribution in [0.15, 0.2) is 18.2 Å². The van der Waals surface area contributed by atoms with Gasteiger partial charge < -0.3 is 14.5 Å². The normalized spacial score (nSPS) is 26.8. The Morgan fingerprint density at radius 2 is 1.82 bits per heavy atom. The quantitative estimate of drug-likeness (QED) is 0.411. The maximum atomic E-state index is 15.2. The standard InChI is InChI=1S/C25H32F4N2O3/c1-23(22(33)34-2)10-6-14-31(23)21(32)19-9-8-17(15-20(19)26)30-13-4-3-7-18(30)16-24(11-5-12-24)25(27,28)29/h8-9,15,18H,3-7,10-14,16H2,1-2H3/t18?,23-/m0/s1. The van der Waals surface area contributed by atoms with Crippen LogP contribution >= 0.6 is 0 Å². The van der Waals surface area contributed by atoms with Gasteiger partial charge in [-0.3, -0.25) is 4.79 Å². The third-order valence-electron chi connectivity index (χ3n) is 8.19. The summed E-state index contributed by atoms with van der Waals surface area (Å²) in [4.78, 5) is 28.6. The van der Waals surface area contributed by atoms with E-state index in [1.54, 1.807) is 13.0 Å². The number of esters is 1. The van der Waals surface area contributed by atoms with Crippen molar-refractivity contribution in [3.05, 3.63) is 29.6 Å². The molecule has 3 aliphatic rings. The summed E-state index contributed by atoms with van der Waals surface area (Å²) in [5.74, 6) is -1.86. The Bertz CT molecular complexity index is 947. The van der Waals surface area contributed by atoms with Crippen LogP contribution in [0, 0.1) is 11.2 Å². The molecule has 4 rings (SSSR count). The van der Waals surface area contributed by atoms with Gasteiger partial charge in [0.25, 0.3) is 5.91 Å². The van der Waals surface area contributed by atoms with Crippen LogP contribution in [-0.4, -0.2) is 54.7 Å². The molecule has 0 N–H and O–H groups in total. The van der Waals surface area contributed by atoms with Gasteiger partial charge in [0, 0.05) is 24.8 Å². The van der Waals surface area contributed by atoms with Crippen molar-refractivity contribution < 1.29 is 31.9 Å². The zero-order valence-electron chi connectivity index (χ0n) is 19.7. The minimum absolute atomic E-state index is 0.0179. The molecule has 1 saturated carbocycles. The van der Waals surface area contributed by atoms with Gasteiger partial charge in [-0.05, 0) is 76.5 Å². The van der Waals surface area contributed by atoms with Crippen molar-refractivity contribution in [3.63, 3.8) is 0 Å². The summed E-state index contributed by atoms with van der Waals surface area (Å²) in [7, 11) is 1.26. The molecule has 0 spiro atoms. The lowest BCUT2D eigenvalue weighted by molar-refractivity contribution is -0.255. The van der Waals surface area contributed by atoms with Crippen molar-refractivity contribution in [2.24, 2.45) is 5.41 Å². The highest BCUT2D eigenvalue weighted by Crippen LogP contribution is 2.57. The predicted molar refractivity (Wildman–Crippen MR) is 119 cm³/mol. The number of hydrogen-bond acceptors (Lipinski definition) is 4. The lowest BCUT2D eigenvalue weighted by atomic mass is 9.64. The maximum Gasteiger partial charge on any atom is 0.394 e. The molecule has 1 unspecified atom stereocenters. The van der Waals surface area contributed by atoms with Gasteiger partial charge >= 0.3 is 12.1 Å². The summed E-state index contributed by atoms with van der Waals surface area (Å²) in [6, 6.07) is 3.93. The number of likely N-dealkylation sites (tertiary alicyclic amines) is 1. The van der Waals surface area contributed by atoms with E-state index in [2.05, 4.69) is 0 Å². The summed E-state index contributed by atoms with van der Waals surface area (Å²) in [5, 5.41) is 0. The van der Waals surface area contributed by atoms with Crippen molar-refractivity contribution >= 4 is 17.6 Å². The van der Waals surface area contributed by atoms with E-state index in [9.17, 15) is 22.8 Å². The molecule has 0 bridgehead atoms. The molecule has 2 atom stereocenters. The number of carbonyl (C=O) groups excluding carboxylic acids is 2. The van der Waals surface area contributed by atoms with E-state index in [4.69, 9.17) is 4.74 Å². The van der Waals surface area contributed by atoms with Crippen molar-refractivity contribution in [1.29, 1.82) is 0 Å². The minimum Gasteiger partial charge on any atom is -0.467 e. The molecule has 0 aromatic heterocycles. The van der Waals surface area contributed by atoms with E-state index in [1.165, 1.54) is 24.1 Å². The van der Waals surface area contributed by atoms with Crippen LogP contribution < -0.4 is 4.90 Å². The first-order valence-corrected chi connectivity index (χ1v) is 12.1. The number of methoxy groups -OCH3 is 1. The zero-order valence-corrected chi connectivity index (χ0v) is 19.7. The van der Waals surface area contributed by atoms with E-state index in [0.29, 0.717) is 44.5 Å². The molecule has 188 valence electrons. The third kappa shape index (κ3) is 4.15. The van der Waals surface area contributed by atoms with Gasteiger partial charge in [-0.25, -0.2) is 9.18 Å². The molecule has 0 radical (unpaired) electrons. The van der Waals surface area contributed by atoms with Crippen molar-refractivity contribution in [1.82, 2.24) is 4.90 Å². The smallest absolute Gasteiger partial charge is 0.394 e. The van der Waals surface area contributed by atoms with Crippen molar-refractivity contribution in [3.8, 4) is 0 Å². The number of hydrogen-bond donors (Lipinski definition) is 0. The average molecular weight is 485 g/mol. The SMILES string of the molecule is COC(=O)[C@]1(C)CCCN1C(=O)c1ccc(N2CCCCC2CC2(C(F)(F)F)CCC2)cc1F. The van der Waals surface area contributed by atoms with E-state index >= 15 is 4.39 Å². The molecule has 1 aromatic rings. The van der Waals surface area contributed by atoms with Crippen molar-refractivity contribution in [2.45, 2.75) is 82.5 Å². The van der Waals surface area contributed by atoms with E-state index in [0.717, 1.165) is 12.8 Å². The Balaban J connectivity index is 1.56. The molecular formula is C25H32F4N2O3. The molecule has 2 aliphatic heterocycles. The van der Waals surface area contributed by atoms with E-state index < -0.39 is 34.8 Å². The Morgan fingerprint density at radius 3 is 2.41 bits per heavy atom. The van der Waals surface area contributed by atoms with Crippen LogP contribution in [0.25, 0.3) is 0 Å².